The van der Waals surface area contributed by atoms with E-state index in [0.717, 1.165) is 37.4 Å². The summed E-state index contributed by atoms with van der Waals surface area (Å²) in [5.41, 5.74) is 7.78. The molecule has 0 spiro atoms. The average Bonchev–Trinajstić information content (AvgIpc) is 2.98. The molecular weight excluding hydrogens is 298 g/mol. The van der Waals surface area contributed by atoms with Gasteiger partial charge in [0.25, 0.3) is 0 Å². The van der Waals surface area contributed by atoms with Gasteiger partial charge in [-0.25, -0.2) is 4.98 Å². The van der Waals surface area contributed by atoms with Crippen LogP contribution in [0.15, 0.2) is 34.9 Å². The molecule has 1 aliphatic rings. The Bertz CT molecular complexity index is 611. The lowest BCUT2D eigenvalue weighted by Gasteiger charge is -2.36. The topological polar surface area (TPSA) is 55.3 Å². The van der Waals surface area contributed by atoms with Gasteiger partial charge >= 0.3 is 0 Å². The molecule has 3 rings (SSSR count). The largest absolute Gasteiger partial charge is 0.444 e. The summed E-state index contributed by atoms with van der Waals surface area (Å²) in [4.78, 5) is 7.01. The van der Waals surface area contributed by atoms with Gasteiger partial charge in [-0.1, -0.05) is 18.5 Å². The number of nitrogens with zero attached hydrogens (tertiary/aromatic N) is 2. The highest BCUT2D eigenvalue weighted by Crippen LogP contribution is 2.25. The zero-order chi connectivity index (χ0) is 15.5. The minimum Gasteiger partial charge on any atom is -0.444 e. The number of benzene rings is 1. The molecule has 118 valence electrons. The maximum Gasteiger partial charge on any atom is 0.226 e. The molecular formula is C17H22ClN3O. The van der Waals surface area contributed by atoms with E-state index in [1.54, 1.807) is 6.26 Å². The molecule has 1 aromatic heterocycles. The highest BCUT2D eigenvalue weighted by Gasteiger charge is 2.25. The first kappa shape index (κ1) is 15.5. The van der Waals surface area contributed by atoms with Gasteiger partial charge in [0.05, 0.1) is 5.69 Å². The Morgan fingerprint density at radius 1 is 1.36 bits per heavy atom. The third-order valence-corrected chi connectivity index (χ3v) is 4.78. The Hall–Kier alpha value is -1.36. The standard InChI is InChI=1S/C17H22ClN3O/c1-12-6-7-21(9-14(12)8-19)10-16-11-22-17(20-16)13-2-4-15(18)5-3-13/h2-5,11-12,14H,6-10,19H2,1H3. The number of likely N-dealkylation sites (tertiary alicyclic amines) is 1. The van der Waals surface area contributed by atoms with Gasteiger partial charge in [-0.05, 0) is 55.6 Å². The quantitative estimate of drug-likeness (QED) is 0.938. The molecule has 1 saturated heterocycles. The molecule has 0 aliphatic carbocycles. The van der Waals surface area contributed by atoms with Crippen molar-refractivity contribution < 1.29 is 4.42 Å². The van der Waals surface area contributed by atoms with Crippen molar-refractivity contribution in [1.29, 1.82) is 0 Å². The predicted molar refractivity (Wildman–Crippen MR) is 88.6 cm³/mol. The molecule has 1 fully saturated rings. The summed E-state index contributed by atoms with van der Waals surface area (Å²) in [6.45, 7) is 6.01. The van der Waals surface area contributed by atoms with Crippen LogP contribution in [0.25, 0.3) is 11.5 Å². The minimum atomic E-state index is 0.580. The highest BCUT2D eigenvalue weighted by atomic mass is 35.5. The first-order chi connectivity index (χ1) is 10.7. The number of oxazole rings is 1. The Labute approximate surface area is 136 Å². The molecule has 2 N–H and O–H groups in total. The SMILES string of the molecule is CC1CCN(Cc2coc(-c3ccc(Cl)cc3)n2)CC1CN. The lowest BCUT2D eigenvalue weighted by atomic mass is 9.87. The van der Waals surface area contributed by atoms with Gasteiger partial charge in [0.1, 0.15) is 6.26 Å². The predicted octanol–water partition coefficient (Wildman–Crippen LogP) is 3.41. The molecule has 2 unspecified atom stereocenters. The molecule has 4 nitrogen and oxygen atoms in total. The van der Waals surface area contributed by atoms with Crippen molar-refractivity contribution in [2.24, 2.45) is 17.6 Å². The van der Waals surface area contributed by atoms with E-state index in [1.165, 1.54) is 6.42 Å². The second-order valence-electron chi connectivity index (χ2n) is 6.15. The molecule has 0 bridgehead atoms. The van der Waals surface area contributed by atoms with E-state index in [4.69, 9.17) is 21.8 Å². The van der Waals surface area contributed by atoms with Gasteiger partial charge in [-0.15, -0.1) is 0 Å². The van der Waals surface area contributed by atoms with Crippen LogP contribution in [-0.2, 0) is 6.54 Å². The fourth-order valence-corrected chi connectivity index (χ4v) is 3.13. The van der Waals surface area contributed by atoms with Crippen LogP contribution < -0.4 is 5.73 Å². The van der Waals surface area contributed by atoms with E-state index >= 15 is 0 Å². The lowest BCUT2D eigenvalue weighted by molar-refractivity contribution is 0.125. The van der Waals surface area contributed by atoms with Gasteiger partial charge in [0.2, 0.25) is 5.89 Å². The number of piperidine rings is 1. The number of nitrogens with two attached hydrogens (primary N) is 1. The molecule has 2 atom stereocenters. The third kappa shape index (κ3) is 3.51. The lowest BCUT2D eigenvalue weighted by Crippen LogP contribution is -2.42. The van der Waals surface area contributed by atoms with Crippen LogP contribution >= 0.6 is 11.6 Å². The van der Waals surface area contributed by atoms with Crippen LogP contribution in [0.5, 0.6) is 0 Å². The highest BCUT2D eigenvalue weighted by molar-refractivity contribution is 6.30. The summed E-state index contributed by atoms with van der Waals surface area (Å²) < 4.78 is 5.60. The number of hydrogen-bond donors (Lipinski definition) is 1. The van der Waals surface area contributed by atoms with Crippen LogP contribution in [0.2, 0.25) is 5.02 Å². The van der Waals surface area contributed by atoms with Gasteiger partial charge in [0, 0.05) is 23.7 Å². The van der Waals surface area contributed by atoms with Crippen molar-refractivity contribution in [1.82, 2.24) is 9.88 Å². The van der Waals surface area contributed by atoms with E-state index in [-0.39, 0.29) is 0 Å². The van der Waals surface area contributed by atoms with Crippen LogP contribution in [0, 0.1) is 11.8 Å². The Kier molecular flexibility index (Phi) is 4.81. The zero-order valence-corrected chi connectivity index (χ0v) is 13.6. The zero-order valence-electron chi connectivity index (χ0n) is 12.8. The summed E-state index contributed by atoms with van der Waals surface area (Å²) in [6.07, 6.45) is 2.95. The van der Waals surface area contributed by atoms with Crippen molar-refractivity contribution in [3.63, 3.8) is 0 Å². The van der Waals surface area contributed by atoms with E-state index in [2.05, 4.69) is 16.8 Å². The Morgan fingerprint density at radius 3 is 2.86 bits per heavy atom. The fraction of sp³-hybridized carbons (Fsp3) is 0.471. The molecule has 0 radical (unpaired) electrons. The molecule has 5 heteroatoms. The van der Waals surface area contributed by atoms with Crippen molar-refractivity contribution >= 4 is 11.6 Å². The number of aromatic nitrogens is 1. The maximum absolute atomic E-state index is 5.90. The maximum atomic E-state index is 5.90. The van der Waals surface area contributed by atoms with Crippen molar-refractivity contribution in [2.45, 2.75) is 19.9 Å². The first-order valence-electron chi connectivity index (χ1n) is 7.78. The fourth-order valence-electron chi connectivity index (χ4n) is 3.01. The van der Waals surface area contributed by atoms with Crippen LogP contribution in [0.1, 0.15) is 19.0 Å². The second kappa shape index (κ2) is 6.82. The average molecular weight is 320 g/mol. The van der Waals surface area contributed by atoms with E-state index in [9.17, 15) is 0 Å². The Morgan fingerprint density at radius 2 is 2.14 bits per heavy atom. The molecule has 0 amide bonds. The second-order valence-corrected chi connectivity index (χ2v) is 6.58. The Balaban J connectivity index is 1.65. The monoisotopic (exact) mass is 319 g/mol. The third-order valence-electron chi connectivity index (χ3n) is 4.53. The number of halogens is 1. The summed E-state index contributed by atoms with van der Waals surface area (Å²) in [6, 6.07) is 7.53. The van der Waals surface area contributed by atoms with Gasteiger partial charge in [-0.2, -0.15) is 0 Å². The van der Waals surface area contributed by atoms with Crippen molar-refractivity contribution in [3.8, 4) is 11.5 Å². The summed E-state index contributed by atoms with van der Waals surface area (Å²) >= 11 is 5.90. The molecule has 2 aromatic rings. The number of rotatable bonds is 4. The molecule has 2 heterocycles. The van der Waals surface area contributed by atoms with Gasteiger partial charge < -0.3 is 10.2 Å². The molecule has 1 aromatic carbocycles. The number of hydrogen-bond acceptors (Lipinski definition) is 4. The van der Waals surface area contributed by atoms with Crippen LogP contribution in [0.4, 0.5) is 0 Å². The minimum absolute atomic E-state index is 0.580. The summed E-state index contributed by atoms with van der Waals surface area (Å²) in [5, 5.41) is 0.714. The van der Waals surface area contributed by atoms with Gasteiger partial charge in [0.15, 0.2) is 0 Å². The van der Waals surface area contributed by atoms with E-state index in [1.807, 2.05) is 24.3 Å². The molecule has 1 aliphatic heterocycles. The molecule has 0 saturated carbocycles. The normalized spacial score (nSPS) is 22.9. The van der Waals surface area contributed by atoms with Crippen molar-refractivity contribution in [3.05, 3.63) is 41.2 Å². The van der Waals surface area contributed by atoms with Crippen LogP contribution in [0.3, 0.4) is 0 Å². The van der Waals surface area contributed by atoms with E-state index in [0.29, 0.717) is 22.7 Å². The van der Waals surface area contributed by atoms with Gasteiger partial charge in [-0.3, -0.25) is 4.90 Å². The van der Waals surface area contributed by atoms with Crippen LogP contribution in [-0.4, -0.2) is 29.5 Å². The first-order valence-corrected chi connectivity index (χ1v) is 8.16. The van der Waals surface area contributed by atoms with Crippen molar-refractivity contribution in [2.75, 3.05) is 19.6 Å². The summed E-state index contributed by atoms with van der Waals surface area (Å²) in [5.74, 6) is 1.94. The van der Waals surface area contributed by atoms with E-state index < -0.39 is 0 Å². The smallest absolute Gasteiger partial charge is 0.226 e. The summed E-state index contributed by atoms with van der Waals surface area (Å²) in [7, 11) is 0. The molecule has 22 heavy (non-hydrogen) atoms.